The van der Waals surface area contributed by atoms with Gasteiger partial charge in [-0.25, -0.2) is 18.3 Å². The number of rotatable bonds is 4. The summed E-state index contributed by atoms with van der Waals surface area (Å²) in [5, 5.41) is 8.89. The van der Waals surface area contributed by atoms with Crippen LogP contribution in [-0.2, 0) is 19.4 Å². The van der Waals surface area contributed by atoms with E-state index in [0.29, 0.717) is 24.8 Å². The topological polar surface area (TPSA) is 83.5 Å². The first-order valence-corrected chi connectivity index (χ1v) is 10.0. The predicted molar refractivity (Wildman–Crippen MR) is 95.7 cm³/mol. The minimum absolute atomic E-state index is 0.0193. The Morgan fingerprint density at radius 2 is 1.62 bits per heavy atom. The van der Waals surface area contributed by atoms with Crippen molar-refractivity contribution in [3.63, 3.8) is 0 Å². The second-order valence-corrected chi connectivity index (χ2v) is 8.99. The lowest BCUT2D eigenvalue weighted by molar-refractivity contribution is -0.130. The van der Waals surface area contributed by atoms with Crippen LogP contribution in [-0.4, -0.2) is 25.3 Å². The van der Waals surface area contributed by atoms with Crippen LogP contribution in [0, 0.1) is 5.82 Å². The largest absolute Gasteiger partial charge is 0.289 e. The second kappa shape index (κ2) is 7.17. The second-order valence-electron chi connectivity index (χ2n) is 6.57. The van der Waals surface area contributed by atoms with Crippen LogP contribution >= 0.6 is 0 Å². The van der Waals surface area contributed by atoms with Crippen molar-refractivity contribution in [3.8, 4) is 11.1 Å². The maximum atomic E-state index is 13.1. The summed E-state index contributed by atoms with van der Waals surface area (Å²) in [6.45, 7) is 0. The zero-order chi connectivity index (χ0) is 18.8. The molecule has 3 rings (SSSR count). The van der Waals surface area contributed by atoms with E-state index in [1.165, 1.54) is 12.1 Å². The molecule has 0 aromatic heterocycles. The van der Waals surface area contributed by atoms with Gasteiger partial charge >= 0.3 is 0 Å². The number of benzene rings is 2. The molecule has 2 aromatic rings. The first-order chi connectivity index (χ1) is 12.4. The molecule has 0 aliphatic carbocycles. The van der Waals surface area contributed by atoms with E-state index in [2.05, 4.69) is 0 Å². The van der Waals surface area contributed by atoms with E-state index in [4.69, 9.17) is 5.21 Å². The molecule has 0 radical (unpaired) electrons. The van der Waals surface area contributed by atoms with Gasteiger partial charge in [-0.3, -0.25) is 10.0 Å². The maximum Gasteiger partial charge on any atom is 0.245 e. The molecule has 2 aromatic carbocycles. The Hall–Kier alpha value is -2.25. The van der Waals surface area contributed by atoms with Crippen molar-refractivity contribution in [1.29, 1.82) is 0 Å². The van der Waals surface area contributed by atoms with E-state index in [-0.39, 0.29) is 18.0 Å². The Kier molecular flexibility index (Phi) is 5.11. The number of amides is 1. The highest BCUT2D eigenvalue weighted by Gasteiger charge is 2.48. The van der Waals surface area contributed by atoms with E-state index in [1.54, 1.807) is 41.9 Å². The molecule has 1 unspecified atom stereocenters. The first kappa shape index (κ1) is 18.5. The van der Waals surface area contributed by atoms with E-state index in [9.17, 15) is 17.6 Å². The Bertz CT molecular complexity index is 894. The number of sulfone groups is 1. The van der Waals surface area contributed by atoms with Gasteiger partial charge in [0.2, 0.25) is 5.91 Å². The van der Waals surface area contributed by atoms with Gasteiger partial charge in [0, 0.05) is 0 Å². The summed E-state index contributed by atoms with van der Waals surface area (Å²) in [5.74, 6) is -1.03. The van der Waals surface area contributed by atoms with Crippen LogP contribution in [0.3, 0.4) is 0 Å². The van der Waals surface area contributed by atoms with Gasteiger partial charge in [-0.2, -0.15) is 0 Å². The normalized spacial score (nSPS) is 21.9. The Morgan fingerprint density at radius 1 is 1.04 bits per heavy atom. The summed E-state index contributed by atoms with van der Waals surface area (Å²) in [4.78, 5) is 11.8. The molecule has 0 bridgehead atoms. The van der Waals surface area contributed by atoms with E-state index >= 15 is 0 Å². The molecule has 138 valence electrons. The van der Waals surface area contributed by atoms with Crippen molar-refractivity contribution in [2.24, 2.45) is 0 Å². The fraction of sp³-hybridized carbons (Fsp3) is 0.316. The summed E-state index contributed by atoms with van der Waals surface area (Å²) < 4.78 is 37.4. The summed E-state index contributed by atoms with van der Waals surface area (Å²) in [7, 11) is -3.55. The summed E-state index contributed by atoms with van der Waals surface area (Å²) in [6.07, 6.45) is 1.27. The van der Waals surface area contributed by atoms with Crippen molar-refractivity contribution in [1.82, 2.24) is 5.48 Å². The van der Waals surface area contributed by atoms with Crippen LogP contribution in [0.15, 0.2) is 48.5 Å². The highest BCUT2D eigenvalue weighted by molar-refractivity contribution is 7.92. The predicted octanol–water partition coefficient (Wildman–Crippen LogP) is 3.18. The van der Waals surface area contributed by atoms with Gasteiger partial charge in [-0.1, -0.05) is 42.8 Å². The van der Waals surface area contributed by atoms with Crippen molar-refractivity contribution in [2.75, 3.05) is 5.75 Å². The molecule has 2 N–H and O–H groups in total. The lowest BCUT2D eigenvalue weighted by Gasteiger charge is -2.36. The van der Waals surface area contributed by atoms with Gasteiger partial charge in [0.05, 0.1) is 12.2 Å². The number of hydrogen-bond acceptors (Lipinski definition) is 4. The molecule has 1 atom stereocenters. The third-order valence-electron chi connectivity index (χ3n) is 5.00. The molecule has 1 aliphatic rings. The molecule has 1 amide bonds. The quantitative estimate of drug-likeness (QED) is 0.633. The van der Waals surface area contributed by atoms with Crippen molar-refractivity contribution < 1.29 is 22.8 Å². The monoisotopic (exact) mass is 377 g/mol. The zero-order valence-corrected chi connectivity index (χ0v) is 14.9. The molecule has 1 aliphatic heterocycles. The zero-order valence-electron chi connectivity index (χ0n) is 14.1. The minimum Gasteiger partial charge on any atom is -0.289 e. The highest BCUT2D eigenvalue weighted by atomic mass is 32.2. The molecule has 5 nitrogen and oxygen atoms in total. The highest BCUT2D eigenvalue weighted by Crippen LogP contribution is 2.43. The molecule has 1 heterocycles. The number of carbonyl (C=O) groups is 1. The van der Waals surface area contributed by atoms with Gasteiger partial charge in [0.1, 0.15) is 10.6 Å². The third kappa shape index (κ3) is 3.37. The summed E-state index contributed by atoms with van der Waals surface area (Å²) in [5.41, 5.74) is 3.72. The van der Waals surface area contributed by atoms with Crippen LogP contribution in [0.25, 0.3) is 11.1 Å². The van der Waals surface area contributed by atoms with Crippen LogP contribution < -0.4 is 5.48 Å². The van der Waals surface area contributed by atoms with E-state index in [0.717, 1.165) is 11.1 Å². The number of hydrogen-bond donors (Lipinski definition) is 2. The van der Waals surface area contributed by atoms with Crippen LogP contribution in [0.5, 0.6) is 0 Å². The van der Waals surface area contributed by atoms with Gasteiger partial charge in [-0.15, -0.1) is 0 Å². The first-order valence-electron chi connectivity index (χ1n) is 8.40. The van der Waals surface area contributed by atoms with Crippen LogP contribution in [0.1, 0.15) is 31.2 Å². The van der Waals surface area contributed by atoms with Crippen LogP contribution in [0.2, 0.25) is 0 Å². The molecule has 0 spiro atoms. The molecule has 7 heteroatoms. The fourth-order valence-corrected chi connectivity index (χ4v) is 5.86. The molecule has 0 saturated carbocycles. The number of nitrogens with one attached hydrogen (secondary N) is 1. The molecular formula is C19H20FNO4S. The molecule has 26 heavy (non-hydrogen) atoms. The smallest absolute Gasteiger partial charge is 0.245 e. The summed E-state index contributed by atoms with van der Waals surface area (Å²) in [6, 6.07) is 13.0. The molecule has 1 fully saturated rings. The molecular weight excluding hydrogens is 357 g/mol. The Morgan fingerprint density at radius 3 is 2.15 bits per heavy atom. The average molecular weight is 377 g/mol. The number of hydroxylamine groups is 1. The summed E-state index contributed by atoms with van der Waals surface area (Å²) >= 11 is 0. The number of carbonyl (C=O) groups excluding carboxylic acids is 1. The van der Waals surface area contributed by atoms with Crippen LogP contribution in [0.4, 0.5) is 4.39 Å². The average Bonchev–Trinajstić information content (AvgIpc) is 2.64. The molecule has 1 saturated heterocycles. The van der Waals surface area contributed by atoms with E-state index < -0.39 is 20.5 Å². The lowest BCUT2D eigenvalue weighted by atomic mass is 9.87. The van der Waals surface area contributed by atoms with Crippen molar-refractivity contribution in [3.05, 3.63) is 59.9 Å². The Labute approximate surface area is 151 Å². The van der Waals surface area contributed by atoms with Gasteiger partial charge < -0.3 is 0 Å². The SMILES string of the molecule is O=C(CC1(c2ccc(-c3ccc(F)cc3)cc2)CCCCS1(=O)=O)NO. The van der Waals surface area contributed by atoms with Gasteiger partial charge in [-0.05, 0) is 41.7 Å². The Balaban J connectivity index is 2.02. The third-order valence-corrected chi connectivity index (χ3v) is 7.60. The van der Waals surface area contributed by atoms with Crippen molar-refractivity contribution >= 4 is 15.7 Å². The fourth-order valence-electron chi connectivity index (χ4n) is 3.59. The van der Waals surface area contributed by atoms with E-state index in [1.807, 2.05) is 0 Å². The number of halogens is 1. The lowest BCUT2D eigenvalue weighted by Crippen LogP contribution is -2.44. The minimum atomic E-state index is -3.55. The van der Waals surface area contributed by atoms with Crippen molar-refractivity contribution in [2.45, 2.75) is 30.4 Å². The van der Waals surface area contributed by atoms with Gasteiger partial charge in [0.15, 0.2) is 9.84 Å². The maximum absolute atomic E-state index is 13.1. The van der Waals surface area contributed by atoms with Gasteiger partial charge in [0.25, 0.3) is 0 Å². The standard InChI is InChI=1S/C19H20FNO4S/c20-17-9-5-15(6-10-17)14-3-7-16(8-4-14)19(13-18(22)21-23)11-1-2-12-26(19,24)25/h3-10,23H,1-2,11-13H2,(H,21,22).